The summed E-state index contributed by atoms with van der Waals surface area (Å²) >= 11 is 3.36. The average molecular weight is 446 g/mol. The van der Waals surface area contributed by atoms with E-state index >= 15 is 0 Å². The zero-order valence-electron chi connectivity index (χ0n) is 15.2. The molecule has 0 radical (unpaired) electrons. The molecule has 1 atom stereocenters. The van der Waals surface area contributed by atoms with Crippen molar-refractivity contribution in [2.75, 3.05) is 20.6 Å². The number of hydrogen-bond acceptors (Lipinski definition) is 5. The van der Waals surface area contributed by atoms with Crippen molar-refractivity contribution < 1.29 is 19.0 Å². The Bertz CT molecular complexity index is 938. The van der Waals surface area contributed by atoms with Crippen molar-refractivity contribution in [1.29, 1.82) is 0 Å². The lowest BCUT2D eigenvalue weighted by Gasteiger charge is -2.30. The van der Waals surface area contributed by atoms with Gasteiger partial charge in [-0.25, -0.2) is 14.8 Å². The number of aliphatic imine (C=N–C) groups is 1. The molecule has 0 aliphatic carbocycles. The number of amides is 4. The number of halogens is 1. The van der Waals surface area contributed by atoms with Crippen LogP contribution in [0.25, 0.3) is 6.08 Å². The lowest BCUT2D eigenvalue weighted by molar-refractivity contribution is -0.519. The lowest BCUT2D eigenvalue weighted by atomic mass is 10.1. The van der Waals surface area contributed by atoms with Crippen molar-refractivity contribution in [2.45, 2.75) is 6.04 Å². The number of rotatable bonds is 5. The number of benzene rings is 1. The Kier molecular flexibility index (Phi) is 5.78. The summed E-state index contributed by atoms with van der Waals surface area (Å²) in [5.74, 6) is -0.544. The number of fused-ring (bicyclic) bond motifs is 1. The van der Waals surface area contributed by atoms with Gasteiger partial charge in [0, 0.05) is 18.6 Å². The number of nitrogens with one attached hydrogen (secondary N) is 1. The molecule has 4 amide bonds. The van der Waals surface area contributed by atoms with Crippen LogP contribution >= 0.6 is 15.9 Å². The quantitative estimate of drug-likeness (QED) is 0.413. The Labute approximate surface area is 169 Å². The summed E-state index contributed by atoms with van der Waals surface area (Å²) in [5, 5.41) is 3.90. The van der Waals surface area contributed by atoms with Gasteiger partial charge < -0.3 is 0 Å². The average Bonchev–Trinajstić information content (AvgIpc) is 3.09. The maximum absolute atomic E-state index is 12.4. The zero-order chi connectivity index (χ0) is 20.3. The van der Waals surface area contributed by atoms with Gasteiger partial charge >= 0.3 is 6.03 Å². The van der Waals surface area contributed by atoms with Gasteiger partial charge in [0.25, 0.3) is 30.0 Å². The van der Waals surface area contributed by atoms with Crippen molar-refractivity contribution in [1.82, 2.24) is 15.2 Å². The summed E-state index contributed by atoms with van der Waals surface area (Å²) in [6.45, 7) is -0.128. The zero-order valence-corrected chi connectivity index (χ0v) is 16.8. The van der Waals surface area contributed by atoms with Crippen molar-refractivity contribution in [2.24, 2.45) is 10.1 Å². The predicted molar refractivity (Wildman–Crippen MR) is 108 cm³/mol. The number of carbonyl (C=O) groups is 3. The van der Waals surface area contributed by atoms with Crippen molar-refractivity contribution in [3.8, 4) is 0 Å². The SMILES string of the molecule is CN1C(=O)C2C(=NC=[N+]2CC(=O)N/N=C/C(Br)=C/c2ccccc2)N(C)C1=O. The number of imide groups is 1. The van der Waals surface area contributed by atoms with Gasteiger partial charge in [-0.2, -0.15) is 5.10 Å². The first-order valence-corrected chi connectivity index (χ1v) is 9.14. The van der Waals surface area contributed by atoms with E-state index in [1.807, 2.05) is 36.4 Å². The van der Waals surface area contributed by atoms with E-state index < -0.39 is 23.9 Å². The monoisotopic (exact) mass is 445 g/mol. The highest BCUT2D eigenvalue weighted by Gasteiger charge is 2.50. The van der Waals surface area contributed by atoms with E-state index in [0.29, 0.717) is 10.3 Å². The number of hydrogen-bond donors (Lipinski definition) is 1. The molecular formula is C18H18BrN6O3+. The summed E-state index contributed by atoms with van der Waals surface area (Å²) in [7, 11) is 2.94. The minimum atomic E-state index is -0.799. The highest BCUT2D eigenvalue weighted by molar-refractivity contribution is 9.12. The molecule has 1 fully saturated rings. The van der Waals surface area contributed by atoms with Crippen LogP contribution in [-0.4, -0.2) is 77.3 Å². The second kappa shape index (κ2) is 8.26. The van der Waals surface area contributed by atoms with E-state index in [1.54, 1.807) is 0 Å². The molecule has 1 aromatic rings. The van der Waals surface area contributed by atoms with Gasteiger partial charge in [0.1, 0.15) is 0 Å². The molecular weight excluding hydrogens is 428 g/mol. The largest absolute Gasteiger partial charge is 0.333 e. The van der Waals surface area contributed by atoms with Gasteiger partial charge in [-0.15, -0.1) is 0 Å². The molecule has 1 saturated heterocycles. The molecule has 9 nitrogen and oxygen atoms in total. The summed E-state index contributed by atoms with van der Waals surface area (Å²) in [6, 6.07) is 8.38. The van der Waals surface area contributed by atoms with Crippen LogP contribution < -0.4 is 5.43 Å². The number of carbonyl (C=O) groups excluding carboxylic acids is 3. The van der Waals surface area contributed by atoms with Crippen molar-refractivity contribution >= 4 is 58.2 Å². The number of likely N-dealkylation sites (N-methyl/N-ethyl adjacent to an activating group) is 2. The summed E-state index contributed by atoms with van der Waals surface area (Å²) in [4.78, 5) is 42.9. The van der Waals surface area contributed by atoms with Gasteiger partial charge in [-0.3, -0.25) is 19.4 Å². The molecule has 0 bridgehead atoms. The van der Waals surface area contributed by atoms with Gasteiger partial charge in [-0.1, -0.05) is 30.3 Å². The van der Waals surface area contributed by atoms with E-state index in [9.17, 15) is 14.4 Å². The molecule has 0 saturated carbocycles. The first-order valence-electron chi connectivity index (χ1n) is 8.34. The molecule has 3 rings (SSSR count). The summed E-state index contributed by atoms with van der Waals surface area (Å²) in [6.07, 6.45) is 4.70. The van der Waals surface area contributed by atoms with E-state index in [4.69, 9.17) is 0 Å². The normalized spacial score (nSPS) is 19.7. The van der Waals surface area contributed by atoms with Crippen LogP contribution in [0.5, 0.6) is 0 Å². The predicted octanol–water partition coefficient (Wildman–Crippen LogP) is 0.870. The highest BCUT2D eigenvalue weighted by atomic mass is 79.9. The topological polar surface area (TPSA) is 97.4 Å². The fourth-order valence-electron chi connectivity index (χ4n) is 2.79. The second-order valence-corrected chi connectivity index (χ2v) is 7.07. The Hall–Kier alpha value is -3.14. The van der Waals surface area contributed by atoms with Crippen molar-refractivity contribution in [3.63, 3.8) is 0 Å². The van der Waals surface area contributed by atoms with Gasteiger partial charge in [0.15, 0.2) is 6.54 Å². The van der Waals surface area contributed by atoms with E-state index in [-0.39, 0.29) is 6.54 Å². The second-order valence-electron chi connectivity index (χ2n) is 6.15. The van der Waals surface area contributed by atoms with Gasteiger partial charge in [-0.05, 0) is 32.6 Å². The number of amidine groups is 1. The molecule has 2 aliphatic heterocycles. The van der Waals surface area contributed by atoms with E-state index in [0.717, 1.165) is 10.5 Å². The third-order valence-electron chi connectivity index (χ3n) is 4.20. The summed E-state index contributed by atoms with van der Waals surface area (Å²) < 4.78 is 2.15. The smallest absolute Gasteiger partial charge is 0.269 e. The molecule has 144 valence electrons. The van der Waals surface area contributed by atoms with Crippen molar-refractivity contribution in [3.05, 3.63) is 40.4 Å². The Morgan fingerprint density at radius 1 is 1.29 bits per heavy atom. The lowest BCUT2D eigenvalue weighted by Crippen LogP contribution is -2.61. The number of hydrazone groups is 1. The number of allylic oxidation sites excluding steroid dienone is 1. The van der Waals surface area contributed by atoms with Crippen LogP contribution in [0.3, 0.4) is 0 Å². The van der Waals surface area contributed by atoms with Gasteiger partial charge in [0.05, 0.1) is 6.21 Å². The van der Waals surface area contributed by atoms with Crippen LogP contribution in [0.4, 0.5) is 4.79 Å². The van der Waals surface area contributed by atoms with Crippen LogP contribution in [0.1, 0.15) is 5.56 Å². The number of nitrogens with zero attached hydrogens (tertiary/aromatic N) is 5. The van der Waals surface area contributed by atoms with Crippen LogP contribution in [-0.2, 0) is 9.59 Å². The molecule has 1 N–H and O–H groups in total. The summed E-state index contributed by atoms with van der Waals surface area (Å²) in [5.41, 5.74) is 3.40. The Morgan fingerprint density at radius 2 is 2.00 bits per heavy atom. The Morgan fingerprint density at radius 3 is 2.71 bits per heavy atom. The third kappa shape index (κ3) is 4.06. The standard InChI is InChI=1S/C18H17BrN6O3/c1-23-16-15(17(27)24(2)18(23)28)25(11-20-16)10-14(26)22-21-9-13(19)8-12-6-4-3-5-7-12/h3-9,11,15H,10H2,1-2H3/p+1/b13-8-,21-9+. The fraction of sp³-hybridized carbons (Fsp3) is 0.222. The van der Waals surface area contributed by atoms with Crippen LogP contribution in [0.2, 0.25) is 0 Å². The van der Waals surface area contributed by atoms with Crippen LogP contribution in [0, 0.1) is 0 Å². The van der Waals surface area contributed by atoms with Crippen LogP contribution in [0.15, 0.2) is 44.9 Å². The fourth-order valence-corrected chi connectivity index (χ4v) is 3.15. The minimum absolute atomic E-state index is 0.128. The molecule has 1 unspecified atom stereocenters. The third-order valence-corrected chi connectivity index (χ3v) is 4.64. The number of urea groups is 1. The first kappa shape index (κ1) is 19.6. The molecule has 2 heterocycles. The molecule has 1 aromatic carbocycles. The molecule has 28 heavy (non-hydrogen) atoms. The minimum Gasteiger partial charge on any atom is -0.269 e. The first-order chi connectivity index (χ1) is 13.4. The van der Waals surface area contributed by atoms with E-state index in [1.165, 1.54) is 36.1 Å². The van der Waals surface area contributed by atoms with Gasteiger partial charge in [0.2, 0.25) is 0 Å². The molecule has 0 aromatic heterocycles. The Balaban J connectivity index is 1.58. The molecule has 0 spiro atoms. The molecule has 2 aliphatic rings. The maximum Gasteiger partial charge on any atom is 0.333 e. The maximum atomic E-state index is 12.4. The molecule has 10 heteroatoms. The van der Waals surface area contributed by atoms with E-state index in [2.05, 4.69) is 31.4 Å². The highest BCUT2D eigenvalue weighted by Crippen LogP contribution is 2.16.